The molecular weight excluding hydrogens is 370 g/mol. The second-order valence-electron chi connectivity index (χ2n) is 8.38. The first-order chi connectivity index (χ1) is 14.0. The molecule has 0 spiro atoms. The van der Waals surface area contributed by atoms with E-state index in [4.69, 9.17) is 4.74 Å². The summed E-state index contributed by atoms with van der Waals surface area (Å²) < 4.78 is 5.79. The fourth-order valence-corrected chi connectivity index (χ4v) is 4.78. The zero-order valence-corrected chi connectivity index (χ0v) is 18.1. The third-order valence-corrected chi connectivity index (χ3v) is 6.21. The Bertz CT molecular complexity index is 633. The number of hydrogen-bond acceptors (Lipinski definition) is 5. The van der Waals surface area contributed by atoms with Crippen LogP contribution in [0.3, 0.4) is 0 Å². The van der Waals surface area contributed by atoms with Crippen molar-refractivity contribution in [1.29, 1.82) is 0 Å². The molecule has 2 fully saturated rings. The summed E-state index contributed by atoms with van der Waals surface area (Å²) in [6, 6.07) is 0. The molecule has 0 radical (unpaired) electrons. The van der Waals surface area contributed by atoms with Crippen molar-refractivity contribution in [3.8, 4) is 0 Å². The number of hydrogen-bond donors (Lipinski definition) is 2. The summed E-state index contributed by atoms with van der Waals surface area (Å²) in [7, 11) is 5.81. The summed E-state index contributed by atoms with van der Waals surface area (Å²) in [5.74, 6) is 0.916. The van der Waals surface area contributed by atoms with Gasteiger partial charge in [-0.25, -0.2) is 0 Å². The number of likely N-dealkylation sites (tertiary alicyclic amines) is 1. The summed E-state index contributed by atoms with van der Waals surface area (Å²) in [5, 5.41) is 6.50. The van der Waals surface area contributed by atoms with Crippen molar-refractivity contribution in [3.63, 3.8) is 0 Å². The molecule has 162 valence electrons. The van der Waals surface area contributed by atoms with E-state index in [2.05, 4.69) is 32.7 Å². The molecule has 1 saturated carbocycles. The third-order valence-electron chi connectivity index (χ3n) is 6.21. The molecule has 1 aliphatic heterocycles. The van der Waals surface area contributed by atoms with Crippen LogP contribution in [0.4, 0.5) is 0 Å². The van der Waals surface area contributed by atoms with E-state index in [1.165, 1.54) is 4.90 Å². The monoisotopic (exact) mass is 405 g/mol. The van der Waals surface area contributed by atoms with Gasteiger partial charge in [-0.3, -0.25) is 19.5 Å². The standard InChI is InChI=1S/C21H35N5O3/c1-5-29-16(8-10-25(3)4)13-24-21(22-2)23-9-11-26-19(27)17-14-6-7-15(12-14)18(17)20(26)28/h6-7,14-18H,5,8-13H2,1-4H3,(H2,22,23,24). The Kier molecular flexibility index (Phi) is 7.29. The first kappa shape index (κ1) is 21.8. The SMILES string of the molecule is CCOC(CCN(C)C)CNC(=NC)NCCN1C(=O)C2C3C=CC(C3)C2C1=O. The van der Waals surface area contributed by atoms with E-state index in [9.17, 15) is 9.59 Å². The highest BCUT2D eigenvalue weighted by Crippen LogP contribution is 2.52. The van der Waals surface area contributed by atoms with Crippen LogP contribution >= 0.6 is 0 Å². The van der Waals surface area contributed by atoms with Gasteiger partial charge in [0.2, 0.25) is 11.8 Å². The summed E-state index contributed by atoms with van der Waals surface area (Å²) >= 11 is 0. The number of fused-ring (bicyclic) bond motifs is 5. The van der Waals surface area contributed by atoms with Crippen molar-refractivity contribution >= 4 is 17.8 Å². The highest BCUT2D eigenvalue weighted by molar-refractivity contribution is 6.06. The Balaban J connectivity index is 1.43. The molecule has 8 heteroatoms. The minimum atomic E-state index is -0.126. The van der Waals surface area contributed by atoms with Crippen LogP contribution in [0.5, 0.6) is 0 Å². The number of carbonyl (C=O) groups is 2. The number of nitrogens with one attached hydrogen (secondary N) is 2. The van der Waals surface area contributed by atoms with Crippen LogP contribution in [0.1, 0.15) is 19.8 Å². The van der Waals surface area contributed by atoms with E-state index in [-0.39, 0.29) is 41.6 Å². The third kappa shape index (κ3) is 4.80. The van der Waals surface area contributed by atoms with Crippen LogP contribution in [0.15, 0.2) is 17.1 Å². The van der Waals surface area contributed by atoms with Crippen LogP contribution in [-0.4, -0.2) is 87.6 Å². The summed E-state index contributed by atoms with van der Waals surface area (Å²) in [6.45, 7) is 5.14. The quantitative estimate of drug-likeness (QED) is 0.236. The van der Waals surface area contributed by atoms with E-state index >= 15 is 0 Å². The minimum absolute atomic E-state index is 0.00157. The Morgan fingerprint density at radius 3 is 2.45 bits per heavy atom. The topological polar surface area (TPSA) is 86.3 Å². The lowest BCUT2D eigenvalue weighted by Gasteiger charge is -2.22. The van der Waals surface area contributed by atoms with Crippen molar-refractivity contribution in [2.45, 2.75) is 25.9 Å². The van der Waals surface area contributed by atoms with Gasteiger partial charge in [0, 0.05) is 39.8 Å². The van der Waals surface area contributed by atoms with Crippen LogP contribution < -0.4 is 10.6 Å². The number of carbonyl (C=O) groups excluding carboxylic acids is 2. The number of guanidine groups is 1. The van der Waals surface area contributed by atoms with E-state index < -0.39 is 0 Å². The van der Waals surface area contributed by atoms with Gasteiger partial charge in [-0.2, -0.15) is 0 Å². The lowest BCUT2D eigenvalue weighted by molar-refractivity contribution is -0.140. The molecule has 0 aromatic carbocycles. The maximum Gasteiger partial charge on any atom is 0.233 e. The van der Waals surface area contributed by atoms with Gasteiger partial charge in [-0.15, -0.1) is 0 Å². The highest BCUT2D eigenvalue weighted by Gasteiger charge is 2.58. The molecule has 2 N–H and O–H groups in total. The molecule has 0 aromatic heterocycles. The molecule has 1 heterocycles. The van der Waals surface area contributed by atoms with Crippen molar-refractivity contribution in [2.75, 3.05) is 53.9 Å². The van der Waals surface area contributed by atoms with Crippen LogP contribution in [0.25, 0.3) is 0 Å². The van der Waals surface area contributed by atoms with E-state index in [0.29, 0.717) is 32.2 Å². The lowest BCUT2D eigenvalue weighted by atomic mass is 9.85. The first-order valence-electron chi connectivity index (χ1n) is 10.7. The van der Waals surface area contributed by atoms with Gasteiger partial charge in [-0.1, -0.05) is 12.2 Å². The van der Waals surface area contributed by atoms with Crippen LogP contribution in [-0.2, 0) is 14.3 Å². The maximum atomic E-state index is 12.7. The number of amides is 2. The lowest BCUT2D eigenvalue weighted by Crippen LogP contribution is -2.46. The summed E-state index contributed by atoms with van der Waals surface area (Å²) in [6.07, 6.45) is 6.24. The second kappa shape index (κ2) is 9.71. The molecule has 3 rings (SSSR count). The smallest absolute Gasteiger partial charge is 0.233 e. The van der Waals surface area contributed by atoms with Crippen molar-refractivity contribution in [3.05, 3.63) is 12.2 Å². The molecule has 2 bridgehead atoms. The fourth-order valence-electron chi connectivity index (χ4n) is 4.78. The second-order valence-corrected chi connectivity index (χ2v) is 8.38. The number of ether oxygens (including phenoxy) is 1. The minimum Gasteiger partial charge on any atom is -0.377 e. The number of aliphatic imine (C=N–C) groups is 1. The fraction of sp³-hybridized carbons (Fsp3) is 0.762. The molecule has 2 aliphatic carbocycles. The van der Waals surface area contributed by atoms with E-state index in [1.54, 1.807) is 7.05 Å². The van der Waals surface area contributed by atoms with Crippen LogP contribution in [0.2, 0.25) is 0 Å². The molecule has 5 atom stereocenters. The van der Waals surface area contributed by atoms with Gasteiger partial charge in [0.15, 0.2) is 5.96 Å². The van der Waals surface area contributed by atoms with Crippen molar-refractivity contribution in [1.82, 2.24) is 20.4 Å². The number of allylic oxidation sites excluding steroid dienone is 2. The van der Waals surface area contributed by atoms with E-state index in [0.717, 1.165) is 19.4 Å². The van der Waals surface area contributed by atoms with Gasteiger partial charge in [0.25, 0.3) is 0 Å². The van der Waals surface area contributed by atoms with Gasteiger partial charge >= 0.3 is 0 Å². The summed E-state index contributed by atoms with van der Waals surface area (Å²) in [5.41, 5.74) is 0. The number of nitrogens with zero attached hydrogens (tertiary/aromatic N) is 3. The molecule has 3 aliphatic rings. The predicted octanol–water partition coefficient (Wildman–Crippen LogP) is 0.315. The normalized spacial score (nSPS) is 29.1. The Hall–Kier alpha value is -1.93. The van der Waals surface area contributed by atoms with Crippen LogP contribution in [0, 0.1) is 23.7 Å². The molecule has 8 nitrogen and oxygen atoms in total. The van der Waals surface area contributed by atoms with Gasteiger partial charge in [0.05, 0.1) is 17.9 Å². The number of rotatable bonds is 10. The van der Waals surface area contributed by atoms with Gasteiger partial charge in [0.1, 0.15) is 0 Å². The number of imide groups is 1. The first-order valence-corrected chi connectivity index (χ1v) is 10.7. The zero-order chi connectivity index (χ0) is 21.0. The molecular formula is C21H35N5O3. The molecule has 2 amide bonds. The van der Waals surface area contributed by atoms with Crippen molar-refractivity contribution < 1.29 is 14.3 Å². The molecule has 0 aromatic rings. The molecule has 1 saturated heterocycles. The highest BCUT2D eigenvalue weighted by atomic mass is 16.5. The maximum absolute atomic E-state index is 12.7. The van der Waals surface area contributed by atoms with E-state index in [1.807, 2.05) is 21.0 Å². The molecule has 29 heavy (non-hydrogen) atoms. The van der Waals surface area contributed by atoms with Gasteiger partial charge in [-0.05, 0) is 45.7 Å². The molecule has 5 unspecified atom stereocenters. The summed E-state index contributed by atoms with van der Waals surface area (Å²) in [4.78, 5) is 33.3. The average Bonchev–Trinajstić information content (AvgIpc) is 3.37. The predicted molar refractivity (Wildman–Crippen MR) is 112 cm³/mol. The average molecular weight is 406 g/mol. The largest absolute Gasteiger partial charge is 0.377 e. The Labute approximate surface area is 173 Å². The Morgan fingerprint density at radius 1 is 1.24 bits per heavy atom. The Morgan fingerprint density at radius 2 is 1.90 bits per heavy atom. The van der Waals surface area contributed by atoms with Crippen molar-refractivity contribution in [2.24, 2.45) is 28.7 Å². The van der Waals surface area contributed by atoms with Gasteiger partial charge < -0.3 is 20.3 Å². The zero-order valence-electron chi connectivity index (χ0n) is 18.1.